The first kappa shape index (κ1) is 14.0. The summed E-state index contributed by atoms with van der Waals surface area (Å²) in [7, 11) is 0. The predicted octanol–water partition coefficient (Wildman–Crippen LogP) is 5.48. The second kappa shape index (κ2) is 4.95. The molecule has 1 aliphatic rings. The topological polar surface area (TPSA) is 0 Å². The zero-order valence-corrected chi connectivity index (χ0v) is 11.8. The third-order valence-electron chi connectivity index (χ3n) is 4.24. The van der Waals surface area contributed by atoms with Gasteiger partial charge in [0.2, 0.25) is 0 Å². The Morgan fingerprint density at radius 1 is 0.609 bits per heavy atom. The van der Waals surface area contributed by atoms with Gasteiger partial charge in [0.15, 0.2) is 23.3 Å². The molecule has 1 aliphatic carbocycles. The minimum Gasteiger partial charge on any atom is -0.204 e. The van der Waals surface area contributed by atoms with Crippen molar-refractivity contribution < 1.29 is 17.6 Å². The number of halogens is 4. The van der Waals surface area contributed by atoms with Gasteiger partial charge in [-0.05, 0) is 40.3 Å². The molecule has 0 spiro atoms. The molecule has 3 aromatic rings. The van der Waals surface area contributed by atoms with Crippen molar-refractivity contribution in [2.24, 2.45) is 0 Å². The number of hydrogen-bond acceptors (Lipinski definition) is 0. The average molecular weight is 314 g/mol. The Balaban J connectivity index is 1.98. The minimum absolute atomic E-state index is 0.258. The van der Waals surface area contributed by atoms with Crippen LogP contribution in [-0.4, -0.2) is 0 Å². The van der Waals surface area contributed by atoms with E-state index in [1.165, 1.54) is 0 Å². The van der Waals surface area contributed by atoms with Gasteiger partial charge in [-0.3, -0.25) is 0 Å². The highest BCUT2D eigenvalue weighted by molar-refractivity contribution is 5.84. The first-order valence-corrected chi connectivity index (χ1v) is 7.11. The van der Waals surface area contributed by atoms with Crippen LogP contribution in [0.5, 0.6) is 0 Å². The summed E-state index contributed by atoms with van der Waals surface area (Å²) >= 11 is 0. The Kier molecular flexibility index (Phi) is 3.01. The molecule has 0 bridgehead atoms. The van der Waals surface area contributed by atoms with Gasteiger partial charge in [-0.25, -0.2) is 17.6 Å². The molecular weight excluding hydrogens is 304 g/mol. The van der Waals surface area contributed by atoms with E-state index in [0.29, 0.717) is 18.1 Å². The van der Waals surface area contributed by atoms with E-state index in [0.717, 1.165) is 22.3 Å². The molecular formula is C19H10F4. The molecule has 4 heteroatoms. The van der Waals surface area contributed by atoms with Crippen LogP contribution < -0.4 is 0 Å². The first-order valence-electron chi connectivity index (χ1n) is 7.11. The van der Waals surface area contributed by atoms with Crippen molar-refractivity contribution in [1.29, 1.82) is 0 Å². The van der Waals surface area contributed by atoms with Crippen molar-refractivity contribution in [3.8, 4) is 22.3 Å². The molecule has 114 valence electrons. The summed E-state index contributed by atoms with van der Waals surface area (Å²) in [5.41, 5.74) is 3.91. The zero-order valence-electron chi connectivity index (χ0n) is 11.8. The molecule has 0 fully saturated rings. The molecule has 0 N–H and O–H groups in total. The highest BCUT2D eigenvalue weighted by Crippen LogP contribution is 2.42. The molecule has 0 aromatic heterocycles. The summed E-state index contributed by atoms with van der Waals surface area (Å²) in [6.07, 6.45) is 0.543. The number of rotatable bonds is 1. The van der Waals surface area contributed by atoms with Crippen LogP contribution in [0.2, 0.25) is 0 Å². The lowest BCUT2D eigenvalue weighted by molar-refractivity contribution is 0.411. The lowest BCUT2D eigenvalue weighted by Crippen LogP contribution is -2.00. The maximum Gasteiger partial charge on any atom is 0.198 e. The molecule has 0 heterocycles. The van der Waals surface area contributed by atoms with Crippen LogP contribution in [0.15, 0.2) is 48.5 Å². The summed E-state index contributed by atoms with van der Waals surface area (Å²) in [6.45, 7) is 0. The van der Waals surface area contributed by atoms with Gasteiger partial charge >= 0.3 is 0 Å². The van der Waals surface area contributed by atoms with Gasteiger partial charge in [0.25, 0.3) is 0 Å². The van der Waals surface area contributed by atoms with Gasteiger partial charge in [0.05, 0.1) is 0 Å². The fourth-order valence-electron chi connectivity index (χ4n) is 3.18. The second-order valence-electron chi connectivity index (χ2n) is 5.51. The smallest absolute Gasteiger partial charge is 0.198 e. The maximum absolute atomic E-state index is 14.1. The van der Waals surface area contributed by atoms with Gasteiger partial charge in [0, 0.05) is 5.56 Å². The number of hydrogen-bond donors (Lipinski definition) is 0. The van der Waals surface area contributed by atoms with Crippen LogP contribution in [0.1, 0.15) is 11.1 Å². The predicted molar refractivity (Wildman–Crippen MR) is 80.0 cm³/mol. The molecule has 4 rings (SSSR count). The monoisotopic (exact) mass is 314 g/mol. The van der Waals surface area contributed by atoms with E-state index in [1.54, 1.807) is 12.1 Å². The van der Waals surface area contributed by atoms with Crippen molar-refractivity contribution >= 4 is 0 Å². The van der Waals surface area contributed by atoms with Gasteiger partial charge in [-0.1, -0.05) is 42.5 Å². The first-order chi connectivity index (χ1) is 11.1. The van der Waals surface area contributed by atoms with Gasteiger partial charge in [-0.15, -0.1) is 0 Å². The van der Waals surface area contributed by atoms with Crippen molar-refractivity contribution in [3.05, 3.63) is 82.9 Å². The van der Waals surface area contributed by atoms with Crippen molar-refractivity contribution in [3.63, 3.8) is 0 Å². The summed E-state index contributed by atoms with van der Waals surface area (Å²) in [4.78, 5) is 0. The average Bonchev–Trinajstić information content (AvgIpc) is 2.95. The van der Waals surface area contributed by atoms with E-state index in [-0.39, 0.29) is 5.56 Å². The minimum atomic E-state index is -1.79. The zero-order chi connectivity index (χ0) is 16.1. The van der Waals surface area contributed by atoms with Crippen molar-refractivity contribution in [2.75, 3.05) is 0 Å². The molecule has 0 radical (unpaired) electrons. The van der Waals surface area contributed by atoms with E-state index in [9.17, 15) is 17.6 Å². The van der Waals surface area contributed by atoms with Crippen LogP contribution in [-0.2, 0) is 6.42 Å². The normalized spacial score (nSPS) is 12.2. The maximum atomic E-state index is 14.1. The van der Waals surface area contributed by atoms with Crippen LogP contribution in [0.25, 0.3) is 22.3 Å². The molecule has 0 unspecified atom stereocenters. The Morgan fingerprint density at radius 3 is 2.04 bits per heavy atom. The summed E-state index contributed by atoms with van der Waals surface area (Å²) < 4.78 is 54.4. The van der Waals surface area contributed by atoms with Gasteiger partial charge in [-0.2, -0.15) is 0 Å². The van der Waals surface area contributed by atoms with E-state index >= 15 is 0 Å². The van der Waals surface area contributed by atoms with E-state index in [1.807, 2.05) is 30.3 Å². The Hall–Kier alpha value is -2.62. The number of benzene rings is 3. The number of fused-ring (bicyclic) bond motifs is 3. The van der Waals surface area contributed by atoms with E-state index in [4.69, 9.17) is 0 Å². The lowest BCUT2D eigenvalue weighted by Gasteiger charge is -2.11. The summed E-state index contributed by atoms with van der Waals surface area (Å²) in [5, 5.41) is 0. The third-order valence-corrected chi connectivity index (χ3v) is 4.24. The lowest BCUT2D eigenvalue weighted by atomic mass is 9.95. The van der Waals surface area contributed by atoms with E-state index in [2.05, 4.69) is 0 Å². The van der Waals surface area contributed by atoms with Crippen LogP contribution in [0.3, 0.4) is 0 Å². The van der Waals surface area contributed by atoms with Crippen molar-refractivity contribution in [1.82, 2.24) is 0 Å². The fourth-order valence-corrected chi connectivity index (χ4v) is 3.18. The molecule has 0 saturated carbocycles. The van der Waals surface area contributed by atoms with Crippen LogP contribution in [0.4, 0.5) is 17.6 Å². The van der Waals surface area contributed by atoms with Crippen molar-refractivity contribution in [2.45, 2.75) is 6.42 Å². The Morgan fingerprint density at radius 2 is 1.26 bits per heavy atom. The quantitative estimate of drug-likeness (QED) is 0.248. The summed E-state index contributed by atoms with van der Waals surface area (Å²) in [6, 6.07) is 13.6. The Labute approximate surface area is 130 Å². The highest BCUT2D eigenvalue weighted by Gasteiger charge is 2.25. The second-order valence-corrected chi connectivity index (χ2v) is 5.51. The third kappa shape index (κ3) is 1.98. The van der Waals surface area contributed by atoms with Gasteiger partial charge < -0.3 is 0 Å². The largest absolute Gasteiger partial charge is 0.204 e. The van der Waals surface area contributed by atoms with Gasteiger partial charge in [0.1, 0.15) is 0 Å². The molecule has 0 atom stereocenters. The molecule has 0 aliphatic heterocycles. The van der Waals surface area contributed by atoms with Crippen LogP contribution in [0, 0.1) is 23.3 Å². The van der Waals surface area contributed by atoms with E-state index < -0.39 is 23.3 Å². The molecule has 0 nitrogen and oxygen atoms in total. The summed E-state index contributed by atoms with van der Waals surface area (Å²) in [5.74, 6) is -6.34. The molecule has 23 heavy (non-hydrogen) atoms. The highest BCUT2D eigenvalue weighted by atomic mass is 19.2. The molecule has 3 aromatic carbocycles. The fraction of sp³-hybridized carbons (Fsp3) is 0.0526. The molecule has 0 amide bonds. The Bertz CT molecular complexity index is 944. The standard InChI is InChI=1S/C19H10F4/c20-16-9-15(17(21)19(23)18(16)22)13-7-3-6-12-11-5-2-1-4-10(11)8-14(12)13/h1-7,9H,8H2. The SMILES string of the molecule is Fc1cc(-c2cccc3c2Cc2ccccc2-3)c(F)c(F)c1F. The molecule has 0 saturated heterocycles. The van der Waals surface area contributed by atoms with Crippen LogP contribution >= 0.6 is 0 Å².